The maximum atomic E-state index is 10.9. The van der Waals surface area contributed by atoms with Crippen LogP contribution in [0.15, 0.2) is 18.2 Å². The Kier molecular flexibility index (Phi) is 4.48. The van der Waals surface area contributed by atoms with Crippen molar-refractivity contribution in [3.63, 3.8) is 0 Å². The van der Waals surface area contributed by atoms with Gasteiger partial charge in [-0.3, -0.25) is 4.90 Å². The van der Waals surface area contributed by atoms with Crippen molar-refractivity contribution in [1.29, 1.82) is 0 Å². The van der Waals surface area contributed by atoms with Crippen LogP contribution in [0.1, 0.15) is 36.8 Å². The molecule has 1 atom stereocenters. The van der Waals surface area contributed by atoms with Crippen molar-refractivity contribution in [3.8, 4) is 5.75 Å². The Morgan fingerprint density at radius 2 is 2.05 bits per heavy atom. The highest BCUT2D eigenvalue weighted by atomic mass is 16.3. The average Bonchev–Trinajstić information content (AvgIpc) is 2.76. The zero-order valence-corrected chi connectivity index (χ0v) is 12.6. The molecule has 2 aliphatic heterocycles. The third kappa shape index (κ3) is 3.76. The number of phenolic OH excluding ortho intramolecular Hbond substituents is 1. The third-order valence-electron chi connectivity index (χ3n) is 4.79. The minimum atomic E-state index is -0.565. The zero-order valence-electron chi connectivity index (χ0n) is 12.6. The predicted molar refractivity (Wildman–Crippen MR) is 83.4 cm³/mol. The molecule has 3 rings (SSSR count). The van der Waals surface area contributed by atoms with Crippen molar-refractivity contribution in [2.45, 2.75) is 44.2 Å². The average molecular weight is 290 g/mol. The molecule has 21 heavy (non-hydrogen) atoms. The molecule has 0 radical (unpaired) electrons. The van der Waals surface area contributed by atoms with Gasteiger partial charge in [0.1, 0.15) is 5.75 Å². The lowest BCUT2D eigenvalue weighted by molar-refractivity contribution is -0.00851. The summed E-state index contributed by atoms with van der Waals surface area (Å²) < 4.78 is 0. The molecule has 0 amide bonds. The van der Waals surface area contributed by atoms with Crippen LogP contribution in [0, 0.1) is 0 Å². The molecule has 0 aliphatic carbocycles. The smallest absolute Gasteiger partial charge is 0.115 e. The summed E-state index contributed by atoms with van der Waals surface area (Å²) in [5.41, 5.74) is 1.98. The van der Waals surface area contributed by atoms with E-state index in [9.17, 15) is 10.2 Å². The monoisotopic (exact) mass is 290 g/mol. The summed E-state index contributed by atoms with van der Waals surface area (Å²) in [4.78, 5) is 2.36. The van der Waals surface area contributed by atoms with Gasteiger partial charge < -0.3 is 15.5 Å². The minimum Gasteiger partial charge on any atom is -0.508 e. The SMILES string of the molecule is Oc1ccc2c(c1)CN(CC1(O)CCCNCC1)CCC2. The van der Waals surface area contributed by atoms with Crippen LogP contribution in [0.2, 0.25) is 0 Å². The normalized spacial score (nSPS) is 27.7. The van der Waals surface area contributed by atoms with E-state index in [4.69, 9.17) is 0 Å². The van der Waals surface area contributed by atoms with Crippen molar-refractivity contribution in [1.82, 2.24) is 10.2 Å². The molecular weight excluding hydrogens is 264 g/mol. The van der Waals surface area contributed by atoms with Crippen molar-refractivity contribution in [2.75, 3.05) is 26.2 Å². The van der Waals surface area contributed by atoms with Gasteiger partial charge in [0.2, 0.25) is 0 Å². The Morgan fingerprint density at radius 3 is 2.95 bits per heavy atom. The highest BCUT2D eigenvalue weighted by Crippen LogP contribution is 2.26. The van der Waals surface area contributed by atoms with Crippen LogP contribution in [0.3, 0.4) is 0 Å². The maximum absolute atomic E-state index is 10.9. The number of aliphatic hydroxyl groups is 1. The molecule has 1 unspecified atom stereocenters. The van der Waals surface area contributed by atoms with E-state index in [0.29, 0.717) is 5.75 Å². The van der Waals surface area contributed by atoms with Gasteiger partial charge in [0, 0.05) is 13.1 Å². The molecule has 4 heteroatoms. The van der Waals surface area contributed by atoms with E-state index in [0.717, 1.165) is 64.8 Å². The Hall–Kier alpha value is -1.10. The molecule has 0 bridgehead atoms. The lowest BCUT2D eigenvalue weighted by Crippen LogP contribution is -2.43. The summed E-state index contributed by atoms with van der Waals surface area (Å²) in [5.74, 6) is 0.341. The second kappa shape index (κ2) is 6.34. The highest BCUT2D eigenvalue weighted by Gasteiger charge is 2.31. The van der Waals surface area contributed by atoms with Gasteiger partial charge >= 0.3 is 0 Å². The fourth-order valence-electron chi connectivity index (χ4n) is 3.64. The summed E-state index contributed by atoms with van der Waals surface area (Å²) in [6.45, 7) is 4.51. The van der Waals surface area contributed by atoms with E-state index in [-0.39, 0.29) is 0 Å². The first-order valence-electron chi connectivity index (χ1n) is 8.11. The van der Waals surface area contributed by atoms with Crippen molar-refractivity contribution < 1.29 is 10.2 Å². The Balaban J connectivity index is 1.71. The van der Waals surface area contributed by atoms with Gasteiger partial charge in [-0.15, -0.1) is 0 Å². The van der Waals surface area contributed by atoms with Crippen LogP contribution in [-0.2, 0) is 13.0 Å². The van der Waals surface area contributed by atoms with E-state index < -0.39 is 5.60 Å². The van der Waals surface area contributed by atoms with Crippen molar-refractivity contribution in [2.24, 2.45) is 0 Å². The largest absolute Gasteiger partial charge is 0.508 e. The van der Waals surface area contributed by atoms with Gasteiger partial charge in [0.05, 0.1) is 5.60 Å². The van der Waals surface area contributed by atoms with Gasteiger partial charge in [0.25, 0.3) is 0 Å². The number of phenols is 1. The Morgan fingerprint density at radius 1 is 1.14 bits per heavy atom. The topological polar surface area (TPSA) is 55.7 Å². The molecule has 116 valence electrons. The van der Waals surface area contributed by atoms with Gasteiger partial charge in [-0.1, -0.05) is 6.07 Å². The lowest BCUT2D eigenvalue weighted by Gasteiger charge is -2.33. The quantitative estimate of drug-likeness (QED) is 0.775. The number of nitrogens with zero attached hydrogens (tertiary/aromatic N) is 1. The molecule has 1 saturated heterocycles. The molecule has 0 spiro atoms. The van der Waals surface area contributed by atoms with Gasteiger partial charge in [-0.05, 0) is 75.0 Å². The number of fused-ring (bicyclic) bond motifs is 1. The summed E-state index contributed by atoms with van der Waals surface area (Å²) in [6, 6.07) is 5.70. The molecule has 1 aromatic rings. The molecule has 1 aromatic carbocycles. The summed E-state index contributed by atoms with van der Waals surface area (Å²) in [6.07, 6.45) is 4.93. The number of hydrogen-bond donors (Lipinski definition) is 3. The first-order chi connectivity index (χ1) is 10.1. The second-order valence-corrected chi connectivity index (χ2v) is 6.60. The van der Waals surface area contributed by atoms with E-state index in [1.165, 1.54) is 11.1 Å². The summed E-state index contributed by atoms with van der Waals surface area (Å²) in [5, 5.41) is 23.9. The molecule has 3 N–H and O–H groups in total. The van der Waals surface area contributed by atoms with Crippen molar-refractivity contribution in [3.05, 3.63) is 29.3 Å². The van der Waals surface area contributed by atoms with Crippen LogP contribution >= 0.6 is 0 Å². The van der Waals surface area contributed by atoms with E-state index in [1.54, 1.807) is 6.07 Å². The highest BCUT2D eigenvalue weighted by molar-refractivity contribution is 5.35. The van der Waals surface area contributed by atoms with E-state index in [2.05, 4.69) is 10.2 Å². The fraction of sp³-hybridized carbons (Fsp3) is 0.647. The molecule has 0 aromatic heterocycles. The van der Waals surface area contributed by atoms with Crippen LogP contribution in [0.25, 0.3) is 0 Å². The minimum absolute atomic E-state index is 0.341. The first kappa shape index (κ1) is 14.8. The number of nitrogens with one attached hydrogen (secondary N) is 1. The van der Waals surface area contributed by atoms with E-state index >= 15 is 0 Å². The first-order valence-corrected chi connectivity index (χ1v) is 8.11. The number of β-amino-alcohol motifs (C(OH)–C–C–N with tert-alkyl or cyclic N) is 1. The Labute approximate surface area is 126 Å². The standard InChI is InChI=1S/C17H26N2O2/c20-16-5-4-14-3-1-10-19(12-15(14)11-16)13-17(21)6-2-8-18-9-7-17/h4-5,11,18,20-21H,1-3,6-10,12-13H2. The summed E-state index contributed by atoms with van der Waals surface area (Å²) >= 11 is 0. The van der Waals surface area contributed by atoms with Crippen LogP contribution in [-0.4, -0.2) is 46.9 Å². The molecule has 2 aliphatic rings. The number of benzene rings is 1. The van der Waals surface area contributed by atoms with E-state index in [1.807, 2.05) is 12.1 Å². The molecule has 0 saturated carbocycles. The predicted octanol–water partition coefficient (Wildman–Crippen LogP) is 1.64. The lowest BCUT2D eigenvalue weighted by atomic mass is 9.94. The number of aryl methyl sites for hydroxylation is 1. The van der Waals surface area contributed by atoms with Gasteiger partial charge in [-0.2, -0.15) is 0 Å². The van der Waals surface area contributed by atoms with Crippen LogP contribution in [0.4, 0.5) is 0 Å². The van der Waals surface area contributed by atoms with Gasteiger partial charge in [0.15, 0.2) is 0 Å². The number of rotatable bonds is 2. The molecule has 1 fully saturated rings. The number of aromatic hydroxyl groups is 1. The van der Waals surface area contributed by atoms with Crippen molar-refractivity contribution >= 4 is 0 Å². The molecular formula is C17H26N2O2. The molecule has 4 nitrogen and oxygen atoms in total. The van der Waals surface area contributed by atoms with Crippen LogP contribution < -0.4 is 5.32 Å². The van der Waals surface area contributed by atoms with Crippen LogP contribution in [0.5, 0.6) is 5.75 Å². The third-order valence-corrected chi connectivity index (χ3v) is 4.79. The summed E-state index contributed by atoms with van der Waals surface area (Å²) in [7, 11) is 0. The zero-order chi connectivity index (χ0) is 14.7. The molecule has 2 heterocycles. The maximum Gasteiger partial charge on any atom is 0.115 e. The second-order valence-electron chi connectivity index (χ2n) is 6.60. The fourth-order valence-corrected chi connectivity index (χ4v) is 3.64. The number of hydrogen-bond acceptors (Lipinski definition) is 4. The van der Waals surface area contributed by atoms with Gasteiger partial charge in [-0.25, -0.2) is 0 Å². The Bertz CT molecular complexity index is 482.